The van der Waals surface area contributed by atoms with Gasteiger partial charge in [0.15, 0.2) is 22.8 Å². The molecule has 2 aromatic heterocycles. The molecule has 4 aromatic rings. The maximum Gasteiger partial charge on any atom is 0.276 e. The van der Waals surface area contributed by atoms with Crippen molar-refractivity contribution >= 4 is 35.6 Å². The number of anilines is 1. The third-order valence-electron chi connectivity index (χ3n) is 5.10. The summed E-state index contributed by atoms with van der Waals surface area (Å²) in [6.07, 6.45) is 1.65. The van der Waals surface area contributed by atoms with E-state index in [4.69, 9.17) is 15.2 Å². The van der Waals surface area contributed by atoms with Crippen LogP contribution in [0.1, 0.15) is 20.8 Å². The zero-order valence-electron chi connectivity index (χ0n) is 19.1. The third kappa shape index (κ3) is 5.51. The highest BCUT2D eigenvalue weighted by molar-refractivity contribution is 6.04. The van der Waals surface area contributed by atoms with Crippen molar-refractivity contribution in [3.05, 3.63) is 72.1 Å². The van der Waals surface area contributed by atoms with Gasteiger partial charge in [-0.15, -0.1) is 12.4 Å². The van der Waals surface area contributed by atoms with E-state index in [1.807, 2.05) is 12.1 Å². The van der Waals surface area contributed by atoms with Crippen molar-refractivity contribution in [3.8, 4) is 22.8 Å². The Morgan fingerprint density at radius 2 is 1.71 bits per heavy atom. The van der Waals surface area contributed by atoms with Crippen LogP contribution >= 0.6 is 12.4 Å². The fraction of sp³-hybridized carbons (Fsp3) is 0.167. The Hall–Kier alpha value is -4.15. The quantitative estimate of drug-likeness (QED) is 0.341. The van der Waals surface area contributed by atoms with Crippen LogP contribution in [0.15, 0.2) is 60.8 Å². The molecule has 11 heteroatoms. The second-order valence-corrected chi connectivity index (χ2v) is 7.28. The second-order valence-electron chi connectivity index (χ2n) is 7.28. The Kier molecular flexibility index (Phi) is 8.24. The lowest BCUT2D eigenvalue weighted by molar-refractivity contribution is 0.0954. The molecule has 0 fully saturated rings. The van der Waals surface area contributed by atoms with Gasteiger partial charge in [0.25, 0.3) is 11.8 Å². The van der Waals surface area contributed by atoms with Crippen molar-refractivity contribution in [1.82, 2.24) is 19.9 Å². The standard InChI is InChI=1S/C24H24N6O4.ClH/c1-33-20-8-5-16(13-21(20)34-2)19-9-11-26-22-14-18(29-30(19)22)24(32)28-17-6-3-15(4-7-17)23(31)27-12-10-25;/h3-9,11,13-14H,10,12,25H2,1-2H3,(H,27,31)(H,28,32);1H. The van der Waals surface area contributed by atoms with Crippen LogP contribution in [0.4, 0.5) is 5.69 Å². The Morgan fingerprint density at radius 1 is 0.971 bits per heavy atom. The third-order valence-corrected chi connectivity index (χ3v) is 5.10. The maximum absolute atomic E-state index is 12.8. The molecule has 0 saturated carbocycles. The summed E-state index contributed by atoms with van der Waals surface area (Å²) in [5.74, 6) is 0.566. The van der Waals surface area contributed by atoms with Crippen molar-refractivity contribution in [2.75, 3.05) is 32.6 Å². The Bertz CT molecular complexity index is 1340. The van der Waals surface area contributed by atoms with Crippen LogP contribution in [0.3, 0.4) is 0 Å². The first-order valence-corrected chi connectivity index (χ1v) is 10.5. The van der Waals surface area contributed by atoms with Crippen LogP contribution in [0.2, 0.25) is 0 Å². The summed E-state index contributed by atoms with van der Waals surface area (Å²) in [7, 11) is 3.14. The van der Waals surface area contributed by atoms with E-state index in [1.165, 1.54) is 0 Å². The van der Waals surface area contributed by atoms with Gasteiger partial charge in [0.05, 0.1) is 19.9 Å². The van der Waals surface area contributed by atoms with E-state index >= 15 is 0 Å². The van der Waals surface area contributed by atoms with Crippen molar-refractivity contribution < 1.29 is 19.1 Å². The topological polar surface area (TPSA) is 133 Å². The molecule has 0 aliphatic heterocycles. The first kappa shape index (κ1) is 25.5. The van der Waals surface area contributed by atoms with Crippen molar-refractivity contribution in [2.45, 2.75) is 0 Å². The van der Waals surface area contributed by atoms with Crippen molar-refractivity contribution in [1.29, 1.82) is 0 Å². The van der Waals surface area contributed by atoms with Crippen molar-refractivity contribution in [2.24, 2.45) is 5.73 Å². The summed E-state index contributed by atoms with van der Waals surface area (Å²) in [6, 6.07) is 15.5. The smallest absolute Gasteiger partial charge is 0.276 e. The van der Waals surface area contributed by atoms with Crippen LogP contribution in [0.5, 0.6) is 11.5 Å². The Labute approximate surface area is 207 Å². The molecule has 2 aromatic carbocycles. The number of rotatable bonds is 8. The summed E-state index contributed by atoms with van der Waals surface area (Å²) in [4.78, 5) is 29.1. The number of hydrogen-bond donors (Lipinski definition) is 3. The van der Waals surface area contributed by atoms with E-state index in [-0.39, 0.29) is 24.0 Å². The molecule has 2 heterocycles. The van der Waals surface area contributed by atoms with Gasteiger partial charge in [-0.1, -0.05) is 0 Å². The summed E-state index contributed by atoms with van der Waals surface area (Å²) in [5.41, 5.74) is 8.68. The Balaban J connectivity index is 0.00000342. The van der Waals surface area contributed by atoms with E-state index < -0.39 is 5.91 Å². The number of aromatic nitrogens is 3. The monoisotopic (exact) mass is 496 g/mol. The molecule has 2 amide bonds. The van der Waals surface area contributed by atoms with Gasteiger partial charge in [0.1, 0.15) is 0 Å². The normalized spacial score (nSPS) is 10.4. The van der Waals surface area contributed by atoms with Gasteiger partial charge in [-0.05, 0) is 48.5 Å². The number of carbonyl (C=O) groups is 2. The maximum atomic E-state index is 12.8. The van der Waals surface area contributed by atoms with Crippen molar-refractivity contribution in [3.63, 3.8) is 0 Å². The van der Waals surface area contributed by atoms with Gasteiger partial charge in [0, 0.05) is 42.2 Å². The van der Waals surface area contributed by atoms with Crippen LogP contribution in [0, 0.1) is 0 Å². The average molecular weight is 497 g/mol. The molecule has 0 atom stereocenters. The molecule has 0 aliphatic rings. The fourth-order valence-corrected chi connectivity index (χ4v) is 3.41. The minimum absolute atomic E-state index is 0. The SMILES string of the molecule is COc1ccc(-c2ccnc3cc(C(=O)Nc4ccc(C(=O)NCCN)cc4)nn23)cc1OC.Cl. The van der Waals surface area contributed by atoms with E-state index in [9.17, 15) is 9.59 Å². The fourth-order valence-electron chi connectivity index (χ4n) is 3.41. The number of methoxy groups -OCH3 is 2. The lowest BCUT2D eigenvalue weighted by Gasteiger charge is -2.10. The lowest BCUT2D eigenvalue weighted by Crippen LogP contribution is -2.28. The minimum atomic E-state index is -0.399. The first-order chi connectivity index (χ1) is 16.5. The Morgan fingerprint density at radius 3 is 2.40 bits per heavy atom. The molecule has 0 unspecified atom stereocenters. The molecule has 0 spiro atoms. The minimum Gasteiger partial charge on any atom is -0.493 e. The summed E-state index contributed by atoms with van der Waals surface area (Å²) in [6.45, 7) is 0.756. The molecule has 182 valence electrons. The molecule has 4 rings (SSSR count). The molecule has 10 nitrogen and oxygen atoms in total. The predicted octanol–water partition coefficient (Wildman–Crippen LogP) is 2.78. The number of hydrogen-bond acceptors (Lipinski definition) is 7. The number of carbonyl (C=O) groups excluding carboxylic acids is 2. The highest BCUT2D eigenvalue weighted by Gasteiger charge is 2.16. The van der Waals surface area contributed by atoms with Crippen LogP contribution in [-0.2, 0) is 0 Å². The van der Waals surface area contributed by atoms with E-state index in [0.717, 1.165) is 11.3 Å². The largest absolute Gasteiger partial charge is 0.493 e. The molecule has 0 bridgehead atoms. The predicted molar refractivity (Wildman–Crippen MR) is 135 cm³/mol. The van der Waals surface area contributed by atoms with Gasteiger partial charge in [-0.25, -0.2) is 9.50 Å². The molecule has 35 heavy (non-hydrogen) atoms. The number of nitrogens with two attached hydrogens (primary N) is 1. The molecule has 0 saturated heterocycles. The second kappa shape index (κ2) is 11.3. The summed E-state index contributed by atoms with van der Waals surface area (Å²) < 4.78 is 12.3. The van der Waals surface area contributed by atoms with E-state index in [2.05, 4.69) is 20.7 Å². The van der Waals surface area contributed by atoms with Gasteiger partial charge in [-0.3, -0.25) is 9.59 Å². The summed E-state index contributed by atoms with van der Waals surface area (Å²) in [5, 5.41) is 9.94. The van der Waals surface area contributed by atoms with Gasteiger partial charge >= 0.3 is 0 Å². The highest BCUT2D eigenvalue weighted by Crippen LogP contribution is 2.32. The van der Waals surface area contributed by atoms with E-state index in [0.29, 0.717) is 41.5 Å². The van der Waals surface area contributed by atoms with E-state index in [1.54, 1.807) is 67.4 Å². The molecular formula is C24H25ClN6O4. The number of fused-ring (bicyclic) bond motifs is 1. The molecular weight excluding hydrogens is 472 g/mol. The first-order valence-electron chi connectivity index (χ1n) is 10.5. The van der Waals surface area contributed by atoms with Crippen LogP contribution in [-0.4, -0.2) is 53.7 Å². The average Bonchev–Trinajstić information content (AvgIpc) is 3.32. The zero-order valence-corrected chi connectivity index (χ0v) is 20.0. The van der Waals surface area contributed by atoms with Gasteiger partial charge in [-0.2, -0.15) is 5.10 Å². The number of nitrogens with zero attached hydrogens (tertiary/aromatic N) is 3. The number of amides is 2. The van der Waals surface area contributed by atoms with Gasteiger partial charge < -0.3 is 25.8 Å². The number of benzene rings is 2. The van der Waals surface area contributed by atoms with Gasteiger partial charge in [0.2, 0.25) is 0 Å². The number of halogens is 1. The summed E-state index contributed by atoms with van der Waals surface area (Å²) >= 11 is 0. The highest BCUT2D eigenvalue weighted by atomic mass is 35.5. The molecule has 4 N–H and O–H groups in total. The lowest BCUT2D eigenvalue weighted by atomic mass is 10.1. The van der Waals surface area contributed by atoms with Crippen LogP contribution in [0.25, 0.3) is 16.9 Å². The zero-order chi connectivity index (χ0) is 24.1. The number of ether oxygens (including phenoxy) is 2. The molecule has 0 radical (unpaired) electrons. The number of nitrogens with one attached hydrogen (secondary N) is 2. The molecule has 0 aliphatic carbocycles. The van der Waals surface area contributed by atoms with Crippen LogP contribution < -0.4 is 25.8 Å².